The van der Waals surface area contributed by atoms with Crippen molar-refractivity contribution < 1.29 is 32.6 Å². The molecule has 1 heterocycles. The van der Waals surface area contributed by atoms with Crippen molar-refractivity contribution in [2.24, 2.45) is 5.41 Å². The number of ether oxygens (including phenoxy) is 1. The van der Waals surface area contributed by atoms with E-state index in [1.165, 1.54) is 18.2 Å². The Morgan fingerprint density at radius 2 is 1.68 bits per heavy atom. The lowest BCUT2D eigenvalue weighted by Crippen LogP contribution is -2.60. The van der Waals surface area contributed by atoms with Crippen molar-refractivity contribution in [2.45, 2.75) is 71.3 Å². The zero-order valence-corrected chi connectivity index (χ0v) is 20.2. The number of carboxylic acids is 1. The number of carboxylic acid groups (broad SMARTS) is 1. The standard InChI is InChI=1S/C24H29F3N2O4S/c1-22(2,3)23(13-5-4-6-14-23)29(15-18-11-12-19(34-18)20(30)31)21(32)28-16-7-9-17(10-8-16)33-24(25,26)27/h7-12H,4-6,13-15H2,1-3H3,(H,28,32)(H,30,31). The van der Waals surface area contributed by atoms with Gasteiger partial charge >= 0.3 is 18.4 Å². The molecule has 0 atom stereocenters. The summed E-state index contributed by atoms with van der Waals surface area (Å²) in [6, 6.07) is 7.87. The molecule has 1 fully saturated rings. The van der Waals surface area contributed by atoms with Crippen LogP contribution in [0, 0.1) is 5.41 Å². The fraction of sp³-hybridized carbons (Fsp3) is 0.500. The van der Waals surface area contributed by atoms with Crippen LogP contribution in [0.15, 0.2) is 36.4 Å². The molecule has 2 N–H and O–H groups in total. The molecule has 6 nitrogen and oxygen atoms in total. The normalized spacial score (nSPS) is 16.1. The predicted molar refractivity (Wildman–Crippen MR) is 124 cm³/mol. The van der Waals surface area contributed by atoms with Gasteiger partial charge in [-0.15, -0.1) is 24.5 Å². The van der Waals surface area contributed by atoms with Gasteiger partial charge in [0.05, 0.1) is 6.54 Å². The SMILES string of the molecule is CC(C)(C)C1(N(Cc2ccc(C(=O)O)s2)C(=O)Nc2ccc(OC(F)(F)F)cc2)CCCCC1. The molecule has 186 valence electrons. The molecular formula is C24H29F3N2O4S. The van der Waals surface area contributed by atoms with E-state index >= 15 is 0 Å². The first kappa shape index (κ1) is 25.9. The van der Waals surface area contributed by atoms with E-state index in [2.05, 4.69) is 30.8 Å². The number of aromatic carboxylic acids is 1. The van der Waals surface area contributed by atoms with Crippen LogP contribution in [0.25, 0.3) is 0 Å². The van der Waals surface area contributed by atoms with Gasteiger partial charge in [0.2, 0.25) is 0 Å². The van der Waals surface area contributed by atoms with Gasteiger partial charge in [0.25, 0.3) is 0 Å². The second-order valence-electron chi connectivity index (χ2n) is 9.50. The van der Waals surface area contributed by atoms with Crippen molar-refractivity contribution >= 4 is 29.0 Å². The molecule has 0 bridgehead atoms. The maximum Gasteiger partial charge on any atom is 0.573 e. The molecule has 2 amide bonds. The third kappa shape index (κ3) is 6.02. The predicted octanol–water partition coefficient (Wildman–Crippen LogP) is 7.13. The topological polar surface area (TPSA) is 78.9 Å². The van der Waals surface area contributed by atoms with Gasteiger partial charge in [0, 0.05) is 16.1 Å². The van der Waals surface area contributed by atoms with Crippen LogP contribution in [-0.2, 0) is 6.54 Å². The quantitative estimate of drug-likeness (QED) is 0.444. The number of amides is 2. The van der Waals surface area contributed by atoms with Crippen LogP contribution in [-0.4, -0.2) is 33.9 Å². The highest BCUT2D eigenvalue weighted by Crippen LogP contribution is 2.47. The lowest BCUT2D eigenvalue weighted by atomic mass is 9.64. The molecule has 0 radical (unpaired) electrons. The molecule has 2 aromatic rings. The number of nitrogens with zero attached hydrogens (tertiary/aromatic N) is 1. The highest BCUT2D eigenvalue weighted by molar-refractivity contribution is 7.13. The number of hydrogen-bond donors (Lipinski definition) is 2. The molecule has 1 aromatic heterocycles. The van der Waals surface area contributed by atoms with E-state index in [1.807, 2.05) is 0 Å². The van der Waals surface area contributed by atoms with E-state index in [1.54, 1.807) is 11.0 Å². The number of rotatable bonds is 6. The molecule has 0 spiro atoms. The summed E-state index contributed by atoms with van der Waals surface area (Å²) in [6.45, 7) is 6.52. The molecule has 34 heavy (non-hydrogen) atoms. The van der Waals surface area contributed by atoms with Gasteiger partial charge in [0.1, 0.15) is 10.6 Å². The van der Waals surface area contributed by atoms with Crippen LogP contribution in [0.1, 0.15) is 67.4 Å². The number of thiophene rings is 1. The molecule has 1 saturated carbocycles. The second kappa shape index (κ2) is 9.85. The van der Waals surface area contributed by atoms with Gasteiger partial charge in [-0.2, -0.15) is 0 Å². The van der Waals surface area contributed by atoms with E-state index in [9.17, 15) is 27.9 Å². The molecule has 1 aromatic carbocycles. The number of carbonyl (C=O) groups is 2. The number of nitrogens with one attached hydrogen (secondary N) is 1. The molecule has 10 heteroatoms. The van der Waals surface area contributed by atoms with Gasteiger partial charge in [0.15, 0.2) is 0 Å². The number of urea groups is 1. The maximum atomic E-state index is 13.6. The molecule has 0 aliphatic heterocycles. The van der Waals surface area contributed by atoms with Gasteiger partial charge in [-0.3, -0.25) is 0 Å². The highest BCUT2D eigenvalue weighted by Gasteiger charge is 2.49. The Hall–Kier alpha value is -2.75. The average molecular weight is 499 g/mol. The summed E-state index contributed by atoms with van der Waals surface area (Å²) >= 11 is 1.13. The summed E-state index contributed by atoms with van der Waals surface area (Å²) in [5.74, 6) is -1.39. The summed E-state index contributed by atoms with van der Waals surface area (Å²) in [5.41, 5.74) is -0.397. The Bertz CT molecular complexity index is 1010. The molecule has 0 saturated heterocycles. The van der Waals surface area contributed by atoms with Crippen molar-refractivity contribution in [3.05, 3.63) is 46.2 Å². The zero-order chi connectivity index (χ0) is 25.1. The van der Waals surface area contributed by atoms with Crippen LogP contribution in [0.5, 0.6) is 5.75 Å². The second-order valence-corrected chi connectivity index (χ2v) is 10.7. The summed E-state index contributed by atoms with van der Waals surface area (Å²) in [7, 11) is 0. The minimum Gasteiger partial charge on any atom is -0.477 e. The van der Waals surface area contributed by atoms with E-state index in [0.717, 1.165) is 60.5 Å². The van der Waals surface area contributed by atoms with Crippen molar-refractivity contribution in [3.63, 3.8) is 0 Å². The van der Waals surface area contributed by atoms with Gasteiger partial charge in [-0.05, 0) is 54.7 Å². The Morgan fingerprint density at radius 3 is 2.18 bits per heavy atom. The zero-order valence-electron chi connectivity index (χ0n) is 19.4. The summed E-state index contributed by atoms with van der Waals surface area (Å²) < 4.78 is 41.2. The number of carbonyl (C=O) groups excluding carboxylic acids is 1. The summed E-state index contributed by atoms with van der Waals surface area (Å²) in [4.78, 5) is 27.7. The van der Waals surface area contributed by atoms with E-state index in [-0.39, 0.29) is 28.6 Å². The maximum absolute atomic E-state index is 13.6. The van der Waals surface area contributed by atoms with Gasteiger partial charge < -0.3 is 20.1 Å². The minimum absolute atomic E-state index is 0.198. The Labute approximate surface area is 200 Å². The summed E-state index contributed by atoms with van der Waals surface area (Å²) in [5, 5.41) is 12.1. The first-order chi connectivity index (χ1) is 15.8. The lowest BCUT2D eigenvalue weighted by molar-refractivity contribution is -0.274. The largest absolute Gasteiger partial charge is 0.573 e. The average Bonchev–Trinajstić information content (AvgIpc) is 3.21. The van der Waals surface area contributed by atoms with Gasteiger partial charge in [-0.25, -0.2) is 9.59 Å². The van der Waals surface area contributed by atoms with Crippen molar-refractivity contribution in [1.82, 2.24) is 4.90 Å². The third-order valence-electron chi connectivity index (χ3n) is 6.36. The number of benzene rings is 1. The van der Waals surface area contributed by atoms with E-state index < -0.39 is 17.9 Å². The molecule has 1 aliphatic carbocycles. The monoisotopic (exact) mass is 498 g/mol. The van der Waals surface area contributed by atoms with E-state index in [0.29, 0.717) is 5.69 Å². The number of hydrogen-bond acceptors (Lipinski definition) is 4. The number of anilines is 1. The number of halogens is 3. The van der Waals surface area contributed by atoms with Crippen LogP contribution < -0.4 is 10.1 Å². The van der Waals surface area contributed by atoms with Crippen LogP contribution in [0.2, 0.25) is 0 Å². The first-order valence-electron chi connectivity index (χ1n) is 11.1. The number of alkyl halides is 3. The minimum atomic E-state index is -4.79. The van der Waals surface area contributed by atoms with Crippen molar-refractivity contribution in [3.8, 4) is 5.75 Å². The lowest BCUT2D eigenvalue weighted by Gasteiger charge is -2.54. The smallest absolute Gasteiger partial charge is 0.477 e. The Morgan fingerprint density at radius 1 is 1.06 bits per heavy atom. The first-order valence-corrected chi connectivity index (χ1v) is 11.9. The van der Waals surface area contributed by atoms with Crippen molar-refractivity contribution in [1.29, 1.82) is 0 Å². The van der Waals surface area contributed by atoms with Crippen LogP contribution in [0.4, 0.5) is 23.7 Å². The molecule has 1 aliphatic rings. The van der Waals surface area contributed by atoms with Crippen LogP contribution >= 0.6 is 11.3 Å². The van der Waals surface area contributed by atoms with E-state index in [4.69, 9.17) is 0 Å². The van der Waals surface area contributed by atoms with Gasteiger partial charge in [-0.1, -0.05) is 40.0 Å². The van der Waals surface area contributed by atoms with Crippen molar-refractivity contribution in [2.75, 3.05) is 5.32 Å². The fourth-order valence-electron chi connectivity index (χ4n) is 4.64. The highest BCUT2D eigenvalue weighted by atomic mass is 32.1. The van der Waals surface area contributed by atoms with Crippen LogP contribution in [0.3, 0.4) is 0 Å². The molecule has 3 rings (SSSR count). The Kier molecular flexibility index (Phi) is 7.50. The molecule has 0 unspecified atom stereocenters. The summed E-state index contributed by atoms with van der Waals surface area (Å²) in [6.07, 6.45) is -0.170. The fourth-order valence-corrected chi connectivity index (χ4v) is 5.48. The Balaban J connectivity index is 1.90. The molecular weight excluding hydrogens is 469 g/mol. The third-order valence-corrected chi connectivity index (χ3v) is 7.42.